The molecule has 108 valence electrons. The fourth-order valence-electron chi connectivity index (χ4n) is 2.53. The molecule has 0 unspecified atom stereocenters. The number of rotatable bonds is 5. The maximum atomic E-state index is 12.1. The molecule has 0 N–H and O–H groups in total. The number of hydrogen-bond acceptors (Lipinski definition) is 3. The lowest BCUT2D eigenvalue weighted by Crippen LogP contribution is -2.07. The van der Waals surface area contributed by atoms with E-state index in [1.807, 2.05) is 54.6 Å². The van der Waals surface area contributed by atoms with E-state index in [9.17, 15) is 4.79 Å². The predicted molar refractivity (Wildman–Crippen MR) is 80.1 cm³/mol. The van der Waals surface area contributed by atoms with Gasteiger partial charge in [0.15, 0.2) is 0 Å². The highest BCUT2D eigenvalue weighted by atomic mass is 16.5. The van der Waals surface area contributed by atoms with Crippen LogP contribution in [0.5, 0.6) is 5.75 Å². The van der Waals surface area contributed by atoms with E-state index in [4.69, 9.17) is 9.47 Å². The fraction of sp³-hybridized carbons (Fsp3) is 0.278. The molecule has 1 fully saturated rings. The van der Waals surface area contributed by atoms with Crippen molar-refractivity contribution >= 4 is 5.97 Å². The second-order valence-corrected chi connectivity index (χ2v) is 5.32. The average molecular weight is 282 g/mol. The van der Waals surface area contributed by atoms with Crippen LogP contribution in [0.1, 0.15) is 23.5 Å². The highest BCUT2D eigenvalue weighted by molar-refractivity contribution is 5.77. The normalized spacial score (nSPS) is 19.9. The van der Waals surface area contributed by atoms with Crippen LogP contribution in [0.3, 0.4) is 0 Å². The number of hydrogen-bond donors (Lipinski definition) is 0. The summed E-state index contributed by atoms with van der Waals surface area (Å²) in [4.78, 5) is 12.1. The first kappa shape index (κ1) is 13.7. The van der Waals surface area contributed by atoms with Crippen molar-refractivity contribution in [3.8, 4) is 5.75 Å². The van der Waals surface area contributed by atoms with Gasteiger partial charge in [0.25, 0.3) is 0 Å². The van der Waals surface area contributed by atoms with Crippen LogP contribution in [0.25, 0.3) is 0 Å². The van der Waals surface area contributed by atoms with E-state index < -0.39 is 0 Å². The van der Waals surface area contributed by atoms with Gasteiger partial charge in [0.2, 0.25) is 0 Å². The first-order valence-corrected chi connectivity index (χ1v) is 7.12. The molecule has 0 amide bonds. The summed E-state index contributed by atoms with van der Waals surface area (Å²) in [6.45, 7) is 0.348. The van der Waals surface area contributed by atoms with Crippen LogP contribution < -0.4 is 4.74 Å². The van der Waals surface area contributed by atoms with Gasteiger partial charge in [-0.25, -0.2) is 0 Å². The smallest absolute Gasteiger partial charge is 0.309 e. The van der Waals surface area contributed by atoms with E-state index in [-0.39, 0.29) is 17.8 Å². The van der Waals surface area contributed by atoms with E-state index in [0.717, 1.165) is 23.3 Å². The van der Waals surface area contributed by atoms with Crippen molar-refractivity contribution in [2.45, 2.75) is 18.9 Å². The maximum absolute atomic E-state index is 12.1. The van der Waals surface area contributed by atoms with Crippen molar-refractivity contribution in [2.75, 3.05) is 7.11 Å². The molecule has 1 aliphatic carbocycles. The molecule has 0 radical (unpaired) electrons. The molecule has 2 atom stereocenters. The van der Waals surface area contributed by atoms with E-state index >= 15 is 0 Å². The molecule has 1 aliphatic rings. The molecule has 0 bridgehead atoms. The van der Waals surface area contributed by atoms with Crippen molar-refractivity contribution in [3.63, 3.8) is 0 Å². The van der Waals surface area contributed by atoms with Gasteiger partial charge in [-0.2, -0.15) is 0 Å². The number of carbonyl (C=O) groups is 1. The third-order valence-corrected chi connectivity index (χ3v) is 3.84. The number of esters is 1. The first-order valence-electron chi connectivity index (χ1n) is 7.12. The lowest BCUT2D eigenvalue weighted by atomic mass is 10.1. The Morgan fingerprint density at radius 2 is 1.95 bits per heavy atom. The average Bonchev–Trinajstić information content (AvgIpc) is 3.34. The highest BCUT2D eigenvalue weighted by Crippen LogP contribution is 2.48. The summed E-state index contributed by atoms with van der Waals surface area (Å²) < 4.78 is 10.6. The van der Waals surface area contributed by atoms with Crippen LogP contribution in [0.2, 0.25) is 0 Å². The van der Waals surface area contributed by atoms with Crippen molar-refractivity contribution in [1.82, 2.24) is 0 Å². The summed E-state index contributed by atoms with van der Waals surface area (Å²) in [7, 11) is 1.65. The van der Waals surface area contributed by atoms with Gasteiger partial charge in [0, 0.05) is 0 Å². The van der Waals surface area contributed by atoms with E-state index in [1.165, 1.54) is 0 Å². The molecule has 0 saturated heterocycles. The van der Waals surface area contributed by atoms with Crippen LogP contribution in [0, 0.1) is 5.92 Å². The van der Waals surface area contributed by atoms with Gasteiger partial charge < -0.3 is 9.47 Å². The van der Waals surface area contributed by atoms with Crippen molar-refractivity contribution < 1.29 is 14.3 Å². The molecule has 0 heterocycles. The summed E-state index contributed by atoms with van der Waals surface area (Å²) in [6.07, 6.45) is 0.862. The Labute approximate surface area is 124 Å². The number of carbonyl (C=O) groups excluding carboxylic acids is 1. The summed E-state index contributed by atoms with van der Waals surface area (Å²) in [5.41, 5.74) is 2.17. The Balaban J connectivity index is 1.56. The third kappa shape index (κ3) is 3.24. The molecule has 2 aromatic rings. The SMILES string of the molecule is COc1cccc([C@H]2C[C@@H]2C(=O)OCc2ccccc2)c1. The molecule has 0 aliphatic heterocycles. The zero-order chi connectivity index (χ0) is 14.7. The quantitative estimate of drug-likeness (QED) is 0.787. The molecule has 3 heteroatoms. The topological polar surface area (TPSA) is 35.5 Å². The van der Waals surface area contributed by atoms with Gasteiger partial charge in [-0.15, -0.1) is 0 Å². The largest absolute Gasteiger partial charge is 0.497 e. The predicted octanol–water partition coefficient (Wildman–Crippen LogP) is 3.54. The van der Waals surface area contributed by atoms with Crippen molar-refractivity contribution in [3.05, 3.63) is 65.7 Å². The van der Waals surface area contributed by atoms with Gasteiger partial charge in [-0.05, 0) is 35.6 Å². The Morgan fingerprint density at radius 3 is 2.71 bits per heavy atom. The molecule has 0 spiro atoms. The molecule has 21 heavy (non-hydrogen) atoms. The van der Waals surface area contributed by atoms with E-state index in [0.29, 0.717) is 6.61 Å². The number of methoxy groups -OCH3 is 1. The van der Waals surface area contributed by atoms with Gasteiger partial charge >= 0.3 is 5.97 Å². The summed E-state index contributed by atoms with van der Waals surface area (Å²) in [5, 5.41) is 0. The minimum absolute atomic E-state index is 0.0131. The van der Waals surface area contributed by atoms with Crippen molar-refractivity contribution in [1.29, 1.82) is 0 Å². The Morgan fingerprint density at radius 1 is 1.14 bits per heavy atom. The summed E-state index contributed by atoms with van der Waals surface area (Å²) in [5.74, 6) is 0.978. The second kappa shape index (κ2) is 6.00. The molecule has 1 saturated carbocycles. The van der Waals surface area contributed by atoms with Gasteiger partial charge in [-0.1, -0.05) is 42.5 Å². The number of benzene rings is 2. The van der Waals surface area contributed by atoms with Gasteiger partial charge in [0.05, 0.1) is 13.0 Å². The van der Waals surface area contributed by atoms with Gasteiger partial charge in [0.1, 0.15) is 12.4 Å². The van der Waals surface area contributed by atoms with E-state index in [1.54, 1.807) is 7.11 Å². The zero-order valence-corrected chi connectivity index (χ0v) is 12.0. The number of ether oxygens (including phenoxy) is 2. The highest BCUT2D eigenvalue weighted by Gasteiger charge is 2.45. The van der Waals surface area contributed by atoms with Crippen LogP contribution in [0.15, 0.2) is 54.6 Å². The monoisotopic (exact) mass is 282 g/mol. The fourth-order valence-corrected chi connectivity index (χ4v) is 2.53. The zero-order valence-electron chi connectivity index (χ0n) is 12.0. The molecular formula is C18H18O3. The van der Waals surface area contributed by atoms with Crippen LogP contribution in [-0.4, -0.2) is 13.1 Å². The van der Waals surface area contributed by atoms with Crippen LogP contribution in [0.4, 0.5) is 0 Å². The first-order chi connectivity index (χ1) is 10.3. The van der Waals surface area contributed by atoms with Crippen LogP contribution >= 0.6 is 0 Å². The standard InChI is InChI=1S/C18H18O3/c1-20-15-9-5-8-14(10-15)16-11-17(16)18(19)21-12-13-6-3-2-4-7-13/h2-10,16-17H,11-12H2,1H3/t16-,17+/m1/s1. The molecule has 0 aromatic heterocycles. The molecule has 2 aromatic carbocycles. The second-order valence-electron chi connectivity index (χ2n) is 5.32. The minimum Gasteiger partial charge on any atom is -0.497 e. The lowest BCUT2D eigenvalue weighted by Gasteiger charge is -2.06. The molecule has 3 nitrogen and oxygen atoms in total. The van der Waals surface area contributed by atoms with Gasteiger partial charge in [-0.3, -0.25) is 4.79 Å². The summed E-state index contributed by atoms with van der Waals surface area (Å²) in [6, 6.07) is 17.7. The van der Waals surface area contributed by atoms with Crippen LogP contribution in [-0.2, 0) is 16.1 Å². The van der Waals surface area contributed by atoms with Crippen molar-refractivity contribution in [2.24, 2.45) is 5.92 Å². The Hall–Kier alpha value is -2.29. The minimum atomic E-state index is -0.105. The lowest BCUT2D eigenvalue weighted by molar-refractivity contribution is -0.146. The molecule has 3 rings (SSSR count). The Bertz CT molecular complexity index is 621. The summed E-state index contributed by atoms with van der Waals surface area (Å²) >= 11 is 0. The molecular weight excluding hydrogens is 264 g/mol. The third-order valence-electron chi connectivity index (χ3n) is 3.84. The maximum Gasteiger partial charge on any atom is 0.309 e. The van der Waals surface area contributed by atoms with E-state index in [2.05, 4.69) is 0 Å². The Kier molecular flexibility index (Phi) is 3.91.